The summed E-state index contributed by atoms with van der Waals surface area (Å²) in [5, 5.41) is 4.05. The van der Waals surface area contributed by atoms with Crippen LogP contribution in [-0.2, 0) is 0 Å². The number of methoxy groups -OCH3 is 1. The number of likely N-dealkylation sites (N-methyl/N-ethyl adjacent to an activating group) is 1. The number of hydrogen-bond donors (Lipinski definition) is 1. The molecule has 1 heterocycles. The Labute approximate surface area is 171 Å². The summed E-state index contributed by atoms with van der Waals surface area (Å²) in [7, 11) is 5.70. The molecule has 0 aliphatic heterocycles. The molecule has 5 nitrogen and oxygen atoms in total. The molecule has 0 spiro atoms. The zero-order chi connectivity index (χ0) is 20.4. The van der Waals surface area contributed by atoms with E-state index in [1.165, 1.54) is 0 Å². The monoisotopic (exact) mass is 389 g/mol. The van der Waals surface area contributed by atoms with Gasteiger partial charge in [-0.05, 0) is 56.8 Å². The van der Waals surface area contributed by atoms with Crippen molar-refractivity contribution in [2.24, 2.45) is 0 Å². The molecule has 1 saturated carbocycles. The highest BCUT2D eigenvalue weighted by molar-refractivity contribution is 6.06. The minimum Gasteiger partial charge on any atom is -0.497 e. The first-order valence-corrected chi connectivity index (χ1v) is 10.0. The Morgan fingerprint density at radius 1 is 1.17 bits per heavy atom. The summed E-state index contributed by atoms with van der Waals surface area (Å²) < 4.78 is 5.25. The number of para-hydroxylation sites is 1. The highest BCUT2D eigenvalue weighted by atomic mass is 16.5. The molecule has 29 heavy (non-hydrogen) atoms. The standard InChI is InChI=1S/C24H27N3O2/c1-27(2)23(17-10-12-18(29-3)13-11-17)15-25-24(28)20-14-22(16-8-9-16)26-21-7-5-4-6-19(20)21/h4-7,10-14,16,23H,8-9,15H2,1-3H3,(H,25,28). The van der Waals surface area contributed by atoms with Crippen LogP contribution >= 0.6 is 0 Å². The van der Waals surface area contributed by atoms with Gasteiger partial charge < -0.3 is 15.0 Å². The number of fused-ring (bicyclic) bond motifs is 1. The molecule has 1 N–H and O–H groups in total. The van der Waals surface area contributed by atoms with Crippen LogP contribution in [0.5, 0.6) is 5.75 Å². The molecular weight excluding hydrogens is 362 g/mol. The molecule has 1 aromatic heterocycles. The van der Waals surface area contributed by atoms with Gasteiger partial charge in [-0.2, -0.15) is 0 Å². The third-order valence-corrected chi connectivity index (χ3v) is 5.56. The number of hydrogen-bond acceptors (Lipinski definition) is 4. The smallest absolute Gasteiger partial charge is 0.252 e. The van der Waals surface area contributed by atoms with Gasteiger partial charge in [0.05, 0.1) is 24.2 Å². The van der Waals surface area contributed by atoms with Crippen molar-refractivity contribution in [3.63, 3.8) is 0 Å². The van der Waals surface area contributed by atoms with E-state index in [4.69, 9.17) is 9.72 Å². The van der Waals surface area contributed by atoms with Gasteiger partial charge in [0.25, 0.3) is 5.91 Å². The maximum absolute atomic E-state index is 13.1. The van der Waals surface area contributed by atoms with Crippen LogP contribution in [0, 0.1) is 0 Å². The summed E-state index contributed by atoms with van der Waals surface area (Å²) in [6, 6.07) is 17.9. The number of nitrogens with zero attached hydrogens (tertiary/aromatic N) is 2. The predicted octanol–water partition coefficient (Wildman–Crippen LogP) is 4.15. The number of pyridine rings is 1. The number of amides is 1. The second-order valence-electron chi connectivity index (χ2n) is 7.85. The van der Waals surface area contributed by atoms with Crippen LogP contribution in [-0.4, -0.2) is 43.5 Å². The number of rotatable bonds is 7. The van der Waals surface area contributed by atoms with Gasteiger partial charge in [-0.25, -0.2) is 0 Å². The topological polar surface area (TPSA) is 54.5 Å². The molecule has 1 amide bonds. The Kier molecular flexibility index (Phi) is 5.49. The van der Waals surface area contributed by atoms with Crippen molar-refractivity contribution in [1.82, 2.24) is 15.2 Å². The summed E-state index contributed by atoms with van der Waals surface area (Å²) in [6.45, 7) is 0.521. The lowest BCUT2D eigenvalue weighted by atomic mass is 10.0. The van der Waals surface area contributed by atoms with E-state index in [9.17, 15) is 4.79 Å². The number of aromatic nitrogens is 1. The number of carbonyl (C=O) groups excluding carboxylic acids is 1. The molecule has 1 unspecified atom stereocenters. The van der Waals surface area contributed by atoms with Gasteiger partial charge in [0.15, 0.2) is 0 Å². The zero-order valence-electron chi connectivity index (χ0n) is 17.2. The fourth-order valence-corrected chi connectivity index (χ4v) is 3.68. The highest BCUT2D eigenvalue weighted by Crippen LogP contribution is 2.40. The fourth-order valence-electron chi connectivity index (χ4n) is 3.68. The second-order valence-corrected chi connectivity index (χ2v) is 7.85. The molecule has 0 radical (unpaired) electrons. The van der Waals surface area contributed by atoms with Crippen LogP contribution in [0.15, 0.2) is 54.6 Å². The summed E-state index contributed by atoms with van der Waals surface area (Å²) in [4.78, 5) is 20.0. The van der Waals surface area contributed by atoms with E-state index in [1.54, 1.807) is 7.11 Å². The number of ether oxygens (including phenoxy) is 1. The van der Waals surface area contributed by atoms with Crippen LogP contribution in [0.1, 0.15) is 46.4 Å². The van der Waals surface area contributed by atoms with Crippen molar-refractivity contribution in [3.8, 4) is 5.75 Å². The van der Waals surface area contributed by atoms with E-state index in [2.05, 4.69) is 10.2 Å². The summed E-state index contributed by atoms with van der Waals surface area (Å²) in [5.41, 5.74) is 3.77. The highest BCUT2D eigenvalue weighted by Gasteiger charge is 2.27. The largest absolute Gasteiger partial charge is 0.497 e. The zero-order valence-corrected chi connectivity index (χ0v) is 17.2. The summed E-state index contributed by atoms with van der Waals surface area (Å²) >= 11 is 0. The minimum atomic E-state index is -0.0501. The predicted molar refractivity (Wildman–Crippen MR) is 115 cm³/mol. The van der Waals surface area contributed by atoms with E-state index < -0.39 is 0 Å². The van der Waals surface area contributed by atoms with Crippen molar-refractivity contribution in [2.75, 3.05) is 27.7 Å². The molecule has 1 aliphatic carbocycles. The fraction of sp³-hybridized carbons (Fsp3) is 0.333. The maximum Gasteiger partial charge on any atom is 0.252 e. The van der Waals surface area contributed by atoms with Gasteiger partial charge in [0.1, 0.15) is 5.75 Å². The van der Waals surface area contributed by atoms with Gasteiger partial charge >= 0.3 is 0 Å². The van der Waals surface area contributed by atoms with E-state index in [0.29, 0.717) is 18.0 Å². The number of nitrogens with one attached hydrogen (secondary N) is 1. The van der Waals surface area contributed by atoms with E-state index in [1.807, 2.05) is 68.7 Å². The Balaban J connectivity index is 1.56. The minimum absolute atomic E-state index is 0.0501. The van der Waals surface area contributed by atoms with E-state index >= 15 is 0 Å². The lowest BCUT2D eigenvalue weighted by molar-refractivity contribution is 0.0943. The molecule has 150 valence electrons. The molecule has 1 aliphatic rings. The average Bonchev–Trinajstić information content (AvgIpc) is 3.58. The van der Waals surface area contributed by atoms with Gasteiger partial charge in [0, 0.05) is 23.5 Å². The third-order valence-electron chi connectivity index (χ3n) is 5.56. The Morgan fingerprint density at radius 3 is 2.55 bits per heavy atom. The summed E-state index contributed by atoms with van der Waals surface area (Å²) in [6.07, 6.45) is 2.32. The molecule has 5 heteroatoms. The van der Waals surface area contributed by atoms with Crippen molar-refractivity contribution >= 4 is 16.8 Å². The molecule has 1 atom stereocenters. The quantitative estimate of drug-likeness (QED) is 0.659. The molecule has 0 bridgehead atoms. The van der Waals surface area contributed by atoms with Crippen LogP contribution in [0.25, 0.3) is 10.9 Å². The lowest BCUT2D eigenvalue weighted by Crippen LogP contribution is -2.34. The average molecular weight is 389 g/mol. The van der Waals surface area contributed by atoms with Crippen molar-refractivity contribution < 1.29 is 9.53 Å². The Morgan fingerprint density at radius 2 is 1.90 bits per heavy atom. The molecule has 2 aromatic carbocycles. The van der Waals surface area contributed by atoms with Gasteiger partial charge in [-0.15, -0.1) is 0 Å². The molecule has 0 saturated heterocycles. The molecular formula is C24H27N3O2. The van der Waals surface area contributed by atoms with Gasteiger partial charge in [0.2, 0.25) is 0 Å². The van der Waals surface area contributed by atoms with Crippen LogP contribution in [0.4, 0.5) is 0 Å². The molecule has 1 fully saturated rings. The van der Waals surface area contributed by atoms with E-state index in [0.717, 1.165) is 40.8 Å². The van der Waals surface area contributed by atoms with Gasteiger partial charge in [-0.3, -0.25) is 9.78 Å². The van der Waals surface area contributed by atoms with Crippen molar-refractivity contribution in [2.45, 2.75) is 24.8 Å². The third kappa shape index (κ3) is 4.25. The first kappa shape index (κ1) is 19.4. The first-order valence-electron chi connectivity index (χ1n) is 10.0. The Hall–Kier alpha value is -2.92. The van der Waals surface area contributed by atoms with Gasteiger partial charge in [-0.1, -0.05) is 30.3 Å². The van der Waals surface area contributed by atoms with E-state index in [-0.39, 0.29) is 11.9 Å². The van der Waals surface area contributed by atoms with Crippen LogP contribution in [0.2, 0.25) is 0 Å². The number of carbonyl (C=O) groups is 1. The Bertz CT molecular complexity index is 1010. The van der Waals surface area contributed by atoms with Crippen LogP contribution < -0.4 is 10.1 Å². The summed E-state index contributed by atoms with van der Waals surface area (Å²) in [5.74, 6) is 1.27. The maximum atomic E-state index is 13.1. The molecule has 3 aromatic rings. The van der Waals surface area contributed by atoms with Crippen molar-refractivity contribution in [1.29, 1.82) is 0 Å². The molecule has 4 rings (SSSR count). The normalized spacial score (nSPS) is 14.8. The first-order chi connectivity index (χ1) is 14.1. The van der Waals surface area contributed by atoms with Crippen LogP contribution in [0.3, 0.4) is 0 Å². The lowest BCUT2D eigenvalue weighted by Gasteiger charge is -2.25. The SMILES string of the molecule is COc1ccc(C(CNC(=O)c2cc(C3CC3)nc3ccccc23)N(C)C)cc1. The number of benzene rings is 2. The van der Waals surface area contributed by atoms with Crippen molar-refractivity contribution in [3.05, 3.63) is 71.4 Å². The second kappa shape index (κ2) is 8.21.